The first-order valence-electron chi connectivity index (χ1n) is 12.5. The average molecular weight is 488 g/mol. The standard InChI is InChI=1S/C27H29N5O4/c1-26(2)15-27(10-7-19(26)25(34)36-27)17-3-5-18(6-4-17)30-23-22-20(8-11-29-24(22)33)32(31-23)21-14-35-12-9-16(21)13-28/h3-6,8,11,16,19,21H,7,9-10,12,14-15H2,1-2H3,(H,29,33)(H,30,31). The first kappa shape index (κ1) is 22.8. The Balaban J connectivity index is 1.33. The highest BCUT2D eigenvalue weighted by Crippen LogP contribution is 2.56. The number of hydrogen-bond acceptors (Lipinski definition) is 7. The van der Waals surface area contributed by atoms with E-state index in [9.17, 15) is 14.9 Å². The summed E-state index contributed by atoms with van der Waals surface area (Å²) in [6.45, 7) is 5.21. The van der Waals surface area contributed by atoms with Crippen molar-refractivity contribution in [3.8, 4) is 6.07 Å². The number of aromatic nitrogens is 3. The van der Waals surface area contributed by atoms with Crippen LogP contribution in [0.25, 0.3) is 10.9 Å². The summed E-state index contributed by atoms with van der Waals surface area (Å²) in [5.41, 5.74) is 1.46. The third-order valence-electron chi connectivity index (χ3n) is 8.21. The summed E-state index contributed by atoms with van der Waals surface area (Å²) in [5.74, 6) is 0.0473. The Morgan fingerprint density at radius 1 is 1.19 bits per heavy atom. The van der Waals surface area contributed by atoms with Crippen LogP contribution in [0.15, 0.2) is 41.3 Å². The quantitative estimate of drug-likeness (QED) is 0.530. The number of nitriles is 1. The highest BCUT2D eigenvalue weighted by Gasteiger charge is 2.56. The Bertz CT molecular complexity index is 1430. The van der Waals surface area contributed by atoms with Crippen LogP contribution in [-0.4, -0.2) is 33.9 Å². The van der Waals surface area contributed by atoms with Gasteiger partial charge in [-0.1, -0.05) is 26.0 Å². The van der Waals surface area contributed by atoms with Gasteiger partial charge in [0.1, 0.15) is 11.0 Å². The average Bonchev–Trinajstić information content (AvgIpc) is 3.23. The molecule has 4 aliphatic rings. The van der Waals surface area contributed by atoms with Crippen LogP contribution in [0, 0.1) is 28.6 Å². The Morgan fingerprint density at radius 3 is 2.72 bits per heavy atom. The molecule has 3 aromatic rings. The van der Waals surface area contributed by atoms with E-state index in [1.165, 1.54) is 0 Å². The molecule has 4 atom stereocenters. The first-order valence-corrected chi connectivity index (χ1v) is 12.5. The molecule has 1 aromatic carbocycles. The summed E-state index contributed by atoms with van der Waals surface area (Å²) in [4.78, 5) is 28.1. The van der Waals surface area contributed by atoms with Crippen molar-refractivity contribution in [1.29, 1.82) is 5.26 Å². The summed E-state index contributed by atoms with van der Waals surface area (Å²) < 4.78 is 13.3. The summed E-state index contributed by atoms with van der Waals surface area (Å²) in [6, 6.07) is 11.7. The number of ether oxygens (including phenoxy) is 2. The predicted molar refractivity (Wildman–Crippen MR) is 133 cm³/mol. The molecule has 3 saturated heterocycles. The van der Waals surface area contributed by atoms with E-state index < -0.39 is 5.60 Å². The maximum absolute atomic E-state index is 12.8. The van der Waals surface area contributed by atoms with Crippen LogP contribution in [-0.2, 0) is 19.9 Å². The Morgan fingerprint density at radius 2 is 2.00 bits per heavy atom. The fourth-order valence-electron chi connectivity index (χ4n) is 6.36. The zero-order valence-electron chi connectivity index (χ0n) is 20.4. The molecule has 1 aliphatic carbocycles. The molecule has 4 fully saturated rings. The van der Waals surface area contributed by atoms with E-state index in [2.05, 4.69) is 30.2 Å². The van der Waals surface area contributed by atoms with Gasteiger partial charge in [0.15, 0.2) is 5.82 Å². The molecule has 0 amide bonds. The normalized spacial score (nSPS) is 29.0. The highest BCUT2D eigenvalue weighted by atomic mass is 16.6. The Labute approximate surface area is 208 Å². The van der Waals surface area contributed by atoms with Crippen molar-refractivity contribution in [3.05, 3.63) is 52.4 Å². The van der Waals surface area contributed by atoms with Gasteiger partial charge in [0.2, 0.25) is 0 Å². The van der Waals surface area contributed by atoms with E-state index in [1.54, 1.807) is 16.9 Å². The molecule has 0 radical (unpaired) electrons. The number of benzene rings is 1. The van der Waals surface area contributed by atoms with Crippen LogP contribution in [0.4, 0.5) is 11.5 Å². The van der Waals surface area contributed by atoms with Crippen molar-refractivity contribution in [2.24, 2.45) is 17.3 Å². The van der Waals surface area contributed by atoms with Gasteiger partial charge in [-0.2, -0.15) is 10.4 Å². The van der Waals surface area contributed by atoms with E-state index in [-0.39, 0.29) is 34.8 Å². The van der Waals surface area contributed by atoms with Gasteiger partial charge in [0, 0.05) is 18.5 Å². The number of nitrogens with one attached hydrogen (secondary N) is 2. The smallest absolute Gasteiger partial charge is 0.310 e. The summed E-state index contributed by atoms with van der Waals surface area (Å²) >= 11 is 0. The monoisotopic (exact) mass is 487 g/mol. The minimum atomic E-state index is -0.591. The lowest BCUT2D eigenvalue weighted by molar-refractivity contribution is -0.209. The number of carbonyl (C=O) groups excluding carboxylic acids is 1. The molecule has 36 heavy (non-hydrogen) atoms. The summed E-state index contributed by atoms with van der Waals surface area (Å²) in [7, 11) is 0. The fraction of sp³-hybridized carbons (Fsp3) is 0.481. The lowest BCUT2D eigenvalue weighted by Gasteiger charge is -2.53. The van der Waals surface area contributed by atoms with E-state index in [4.69, 9.17) is 14.6 Å². The second kappa shape index (κ2) is 8.20. The number of hydrogen-bond donors (Lipinski definition) is 2. The van der Waals surface area contributed by atoms with Gasteiger partial charge in [0.25, 0.3) is 5.56 Å². The molecule has 9 nitrogen and oxygen atoms in total. The predicted octanol–water partition coefficient (Wildman–Crippen LogP) is 4.15. The molecule has 7 rings (SSSR count). The number of esters is 1. The van der Waals surface area contributed by atoms with Crippen molar-refractivity contribution in [2.75, 3.05) is 18.5 Å². The number of pyridine rings is 1. The summed E-state index contributed by atoms with van der Waals surface area (Å²) in [5, 5.41) is 18.1. The molecule has 3 aliphatic heterocycles. The molecule has 9 heteroatoms. The first-order chi connectivity index (χ1) is 17.3. The Hall–Kier alpha value is -3.64. The lowest BCUT2D eigenvalue weighted by Crippen LogP contribution is -2.54. The molecular weight excluding hydrogens is 458 g/mol. The van der Waals surface area contributed by atoms with Crippen molar-refractivity contribution in [1.82, 2.24) is 14.8 Å². The molecular formula is C27H29N5O4. The van der Waals surface area contributed by atoms with Crippen LogP contribution in [0.2, 0.25) is 0 Å². The second-order valence-electron chi connectivity index (χ2n) is 10.9. The van der Waals surface area contributed by atoms with E-state index in [0.29, 0.717) is 36.4 Å². The zero-order chi connectivity index (χ0) is 25.1. The van der Waals surface area contributed by atoms with Gasteiger partial charge in [-0.3, -0.25) is 14.3 Å². The van der Waals surface area contributed by atoms with E-state index in [1.807, 2.05) is 24.3 Å². The number of anilines is 2. The van der Waals surface area contributed by atoms with E-state index in [0.717, 1.165) is 30.5 Å². The SMILES string of the molecule is CC1(C)CC2(c3ccc(Nc4nn(C5COCCC5C#N)c5cc[nH]c(=O)c45)cc3)CCC1C(=O)O2. The van der Waals surface area contributed by atoms with Gasteiger partial charge in [-0.25, -0.2) is 0 Å². The van der Waals surface area contributed by atoms with Crippen LogP contribution in [0.3, 0.4) is 0 Å². The van der Waals surface area contributed by atoms with Crippen molar-refractivity contribution in [3.63, 3.8) is 0 Å². The minimum absolute atomic E-state index is 0.0306. The maximum atomic E-state index is 12.8. The number of nitrogens with zero attached hydrogens (tertiary/aromatic N) is 3. The minimum Gasteiger partial charge on any atom is -0.454 e. The van der Waals surface area contributed by atoms with E-state index >= 15 is 0 Å². The van der Waals surface area contributed by atoms with Crippen LogP contribution < -0.4 is 10.9 Å². The number of aromatic amines is 1. The van der Waals surface area contributed by atoms with Crippen LogP contribution in [0.5, 0.6) is 0 Å². The fourth-order valence-corrected chi connectivity index (χ4v) is 6.36. The largest absolute Gasteiger partial charge is 0.454 e. The third kappa shape index (κ3) is 3.51. The number of rotatable bonds is 4. The van der Waals surface area contributed by atoms with Gasteiger partial charge in [-0.05, 0) is 54.9 Å². The Kier molecular flexibility index (Phi) is 5.20. The highest BCUT2D eigenvalue weighted by molar-refractivity contribution is 5.91. The van der Waals surface area contributed by atoms with Gasteiger partial charge < -0.3 is 19.8 Å². The molecule has 5 heterocycles. The van der Waals surface area contributed by atoms with Gasteiger partial charge in [-0.15, -0.1) is 0 Å². The maximum Gasteiger partial charge on any atom is 0.310 e. The molecule has 186 valence electrons. The van der Waals surface area contributed by atoms with Crippen LogP contribution in [0.1, 0.15) is 51.1 Å². The van der Waals surface area contributed by atoms with Crippen molar-refractivity contribution < 1.29 is 14.3 Å². The molecule has 1 saturated carbocycles. The number of fused-ring (bicyclic) bond motifs is 4. The number of H-pyrrole nitrogens is 1. The van der Waals surface area contributed by atoms with Crippen molar-refractivity contribution >= 4 is 28.4 Å². The summed E-state index contributed by atoms with van der Waals surface area (Å²) in [6.07, 6.45) is 4.69. The molecule has 2 bridgehead atoms. The molecule has 0 spiro atoms. The number of carbonyl (C=O) groups is 1. The van der Waals surface area contributed by atoms with Gasteiger partial charge >= 0.3 is 5.97 Å². The molecule has 4 unspecified atom stereocenters. The van der Waals surface area contributed by atoms with Crippen LogP contribution >= 0.6 is 0 Å². The second-order valence-corrected chi connectivity index (χ2v) is 10.9. The molecule has 2 aromatic heterocycles. The van der Waals surface area contributed by atoms with Crippen molar-refractivity contribution in [2.45, 2.75) is 51.2 Å². The lowest BCUT2D eigenvalue weighted by atomic mass is 9.59. The van der Waals surface area contributed by atoms with Gasteiger partial charge in [0.05, 0.1) is 36.1 Å². The zero-order valence-corrected chi connectivity index (χ0v) is 20.4. The topological polar surface area (TPSA) is 122 Å². The third-order valence-corrected chi connectivity index (χ3v) is 8.21. The molecule has 2 N–H and O–H groups in total.